The number of ether oxygens (including phenoxy) is 1. The van der Waals surface area contributed by atoms with Gasteiger partial charge in [-0.05, 0) is 75.8 Å². The Labute approximate surface area is 276 Å². The fraction of sp³-hybridized carbons (Fsp3) is 0.0233. The Kier molecular flexibility index (Phi) is 5.28. The molecule has 1 aromatic heterocycles. The monoisotopic (exact) mass is 613 g/mol. The van der Waals surface area contributed by atoms with Gasteiger partial charge in [-0.2, -0.15) is 10.5 Å². The third-order valence-electron chi connectivity index (χ3n) is 9.94. The van der Waals surface area contributed by atoms with E-state index in [0.717, 1.165) is 73.1 Å². The molecule has 5 nitrogen and oxygen atoms in total. The molecule has 10 rings (SSSR count). The maximum atomic E-state index is 9.63. The molecule has 0 amide bonds. The molecule has 2 heterocycles. The third-order valence-corrected chi connectivity index (χ3v) is 9.94. The maximum absolute atomic E-state index is 9.63. The van der Waals surface area contributed by atoms with Gasteiger partial charge in [0.25, 0.3) is 0 Å². The maximum Gasteiger partial charge on any atom is 0.152 e. The third kappa shape index (κ3) is 3.27. The minimum atomic E-state index is -0.793. The number of hydrogen-bond donors (Lipinski definition) is 0. The van der Waals surface area contributed by atoms with Crippen molar-refractivity contribution in [2.24, 2.45) is 0 Å². The van der Waals surface area contributed by atoms with Gasteiger partial charge in [0.1, 0.15) is 28.9 Å². The van der Waals surface area contributed by atoms with E-state index in [2.05, 4.69) is 108 Å². The van der Waals surface area contributed by atoms with Gasteiger partial charge in [-0.1, -0.05) is 97.1 Å². The Hall–Kier alpha value is -6.82. The molecule has 5 heteroatoms. The Bertz CT molecular complexity index is 2590. The number of rotatable bonds is 2. The number of benzene rings is 6. The largest absolute Gasteiger partial charge is 0.459 e. The van der Waals surface area contributed by atoms with Gasteiger partial charge in [-0.3, -0.25) is 0 Å². The van der Waals surface area contributed by atoms with Gasteiger partial charge in [-0.15, -0.1) is 0 Å². The molecule has 0 unspecified atom stereocenters. The van der Waals surface area contributed by atoms with Crippen LogP contribution in [0.4, 0.5) is 11.4 Å². The Morgan fingerprint density at radius 2 is 1.25 bits per heavy atom. The normalized spacial score (nSPS) is 14.4. The van der Waals surface area contributed by atoms with Crippen molar-refractivity contribution in [1.29, 1.82) is 10.5 Å². The summed E-state index contributed by atoms with van der Waals surface area (Å²) in [5, 5.41) is 20.1. The molecule has 0 atom stereocenters. The van der Waals surface area contributed by atoms with Crippen molar-refractivity contribution >= 4 is 28.0 Å². The highest BCUT2D eigenvalue weighted by Crippen LogP contribution is 2.66. The molecular weight excluding hydrogens is 590 g/mol. The Balaban J connectivity index is 1.26. The summed E-state index contributed by atoms with van der Waals surface area (Å²) in [4.78, 5) is 2.30. The van der Waals surface area contributed by atoms with Crippen molar-refractivity contribution in [1.82, 2.24) is 0 Å². The van der Waals surface area contributed by atoms with E-state index in [9.17, 15) is 10.5 Å². The van der Waals surface area contributed by atoms with Gasteiger partial charge in [0, 0.05) is 11.1 Å². The highest BCUT2D eigenvalue weighted by molar-refractivity contribution is 6.08. The molecule has 2 aliphatic carbocycles. The molecule has 0 radical (unpaired) electrons. The van der Waals surface area contributed by atoms with Crippen molar-refractivity contribution in [3.63, 3.8) is 0 Å². The fourth-order valence-electron chi connectivity index (χ4n) is 7.94. The van der Waals surface area contributed by atoms with Gasteiger partial charge in [-0.25, -0.2) is 0 Å². The van der Waals surface area contributed by atoms with Gasteiger partial charge >= 0.3 is 0 Å². The lowest BCUT2D eigenvalue weighted by Gasteiger charge is -2.37. The summed E-state index contributed by atoms with van der Waals surface area (Å²) in [7, 11) is 0. The van der Waals surface area contributed by atoms with Crippen LogP contribution in [0.3, 0.4) is 0 Å². The van der Waals surface area contributed by atoms with Crippen LogP contribution in [0, 0.1) is 22.7 Å². The zero-order valence-electron chi connectivity index (χ0n) is 25.4. The topological polar surface area (TPSA) is 73.2 Å². The Morgan fingerprint density at radius 3 is 2.00 bits per heavy atom. The first-order valence-corrected chi connectivity index (χ1v) is 15.8. The first-order valence-electron chi connectivity index (χ1n) is 15.8. The second-order valence-electron chi connectivity index (χ2n) is 12.3. The highest BCUT2D eigenvalue weighted by atomic mass is 16.5. The van der Waals surface area contributed by atoms with Crippen LogP contribution >= 0.6 is 0 Å². The van der Waals surface area contributed by atoms with E-state index in [1.807, 2.05) is 36.4 Å². The number of fused-ring (bicyclic) bond motifs is 12. The van der Waals surface area contributed by atoms with E-state index in [-0.39, 0.29) is 0 Å². The zero-order valence-corrected chi connectivity index (χ0v) is 25.4. The summed E-state index contributed by atoms with van der Waals surface area (Å²) in [5.41, 5.74) is 11.1. The molecule has 222 valence electrons. The smallest absolute Gasteiger partial charge is 0.152 e. The van der Waals surface area contributed by atoms with E-state index >= 15 is 0 Å². The van der Waals surface area contributed by atoms with Crippen molar-refractivity contribution in [3.05, 3.63) is 179 Å². The van der Waals surface area contributed by atoms with Crippen LogP contribution in [0.2, 0.25) is 0 Å². The molecule has 0 saturated carbocycles. The predicted octanol–water partition coefficient (Wildman–Crippen LogP) is 10.1. The number of nitriles is 2. The van der Waals surface area contributed by atoms with Crippen molar-refractivity contribution in [2.75, 3.05) is 4.90 Å². The minimum absolute atomic E-state index is 0.365. The van der Waals surface area contributed by atoms with Crippen LogP contribution in [0.25, 0.3) is 38.9 Å². The van der Waals surface area contributed by atoms with E-state index in [1.165, 1.54) is 11.1 Å². The molecule has 1 aliphatic heterocycles. The van der Waals surface area contributed by atoms with Crippen LogP contribution in [-0.4, -0.2) is 0 Å². The van der Waals surface area contributed by atoms with Crippen molar-refractivity contribution < 1.29 is 9.15 Å². The lowest BCUT2D eigenvalue weighted by Crippen LogP contribution is -2.32. The van der Waals surface area contributed by atoms with Crippen LogP contribution in [0.1, 0.15) is 33.6 Å². The molecule has 0 N–H and O–H groups in total. The minimum Gasteiger partial charge on any atom is -0.459 e. The molecule has 48 heavy (non-hydrogen) atoms. The summed E-state index contributed by atoms with van der Waals surface area (Å²) in [6.45, 7) is 0. The van der Waals surface area contributed by atoms with E-state index in [4.69, 9.17) is 9.15 Å². The molecule has 3 aliphatic rings. The van der Waals surface area contributed by atoms with Gasteiger partial charge in [0.2, 0.25) is 0 Å². The fourth-order valence-corrected chi connectivity index (χ4v) is 7.94. The van der Waals surface area contributed by atoms with Crippen LogP contribution in [0.5, 0.6) is 5.75 Å². The lowest BCUT2D eigenvalue weighted by atomic mass is 9.76. The van der Waals surface area contributed by atoms with Crippen molar-refractivity contribution in [3.8, 4) is 40.1 Å². The Morgan fingerprint density at radius 1 is 0.604 bits per heavy atom. The summed E-state index contributed by atoms with van der Waals surface area (Å²) < 4.78 is 14.1. The first-order chi connectivity index (χ1) is 23.7. The molecule has 6 aromatic carbocycles. The number of nitrogens with zero attached hydrogens (tertiary/aromatic N) is 3. The van der Waals surface area contributed by atoms with Gasteiger partial charge < -0.3 is 14.1 Å². The summed E-state index contributed by atoms with van der Waals surface area (Å²) in [5.74, 6) is 2.46. The average molecular weight is 614 g/mol. The number of anilines is 2. The molecule has 0 saturated heterocycles. The van der Waals surface area contributed by atoms with E-state index < -0.39 is 5.41 Å². The number of furan rings is 1. The van der Waals surface area contributed by atoms with Crippen LogP contribution in [-0.2, 0) is 5.41 Å². The SMILES string of the molecule is N#Cc1ccc(-c2ccc(N3C4=C(Oc5ccccc53)C3(c5ccccc5-c5ccccc53)c3oc5ccccc5c34)cc2)cc1C#N. The molecule has 1 spiro atoms. The summed E-state index contributed by atoms with van der Waals surface area (Å²) in [6.07, 6.45) is 0. The highest BCUT2D eigenvalue weighted by Gasteiger charge is 2.60. The predicted molar refractivity (Wildman–Crippen MR) is 185 cm³/mol. The second-order valence-corrected chi connectivity index (χ2v) is 12.3. The quantitative estimate of drug-likeness (QED) is 0.194. The van der Waals surface area contributed by atoms with Crippen LogP contribution in [0.15, 0.2) is 150 Å². The molecule has 0 bridgehead atoms. The number of para-hydroxylation sites is 3. The van der Waals surface area contributed by atoms with Crippen LogP contribution < -0.4 is 9.64 Å². The first kappa shape index (κ1) is 26.4. The second kappa shape index (κ2) is 9.59. The lowest BCUT2D eigenvalue weighted by molar-refractivity contribution is 0.346. The molecular formula is C43H23N3O2. The molecule has 0 fully saturated rings. The summed E-state index contributed by atoms with van der Waals surface area (Å²) in [6, 6.07) is 51.6. The van der Waals surface area contributed by atoms with E-state index in [0.29, 0.717) is 11.1 Å². The van der Waals surface area contributed by atoms with Crippen molar-refractivity contribution in [2.45, 2.75) is 5.41 Å². The average Bonchev–Trinajstić information content (AvgIpc) is 3.77. The summed E-state index contributed by atoms with van der Waals surface area (Å²) >= 11 is 0. The number of allylic oxidation sites excluding steroid dienone is 1. The standard InChI is InChI=1S/C43H23N3O2/c44-24-28-18-17-27(23-29(28)25-45)26-19-21-30(22-20-26)46-36-14-6-8-16-38(36)48-42-40(46)39-33-11-3-7-15-37(33)47-41(39)43(42)34-12-4-1-9-31(34)32-10-2-5-13-35(32)43/h1-23H. The molecule has 7 aromatic rings. The van der Waals surface area contributed by atoms with Gasteiger partial charge in [0.15, 0.2) is 11.5 Å². The zero-order chi connectivity index (χ0) is 32.0. The van der Waals surface area contributed by atoms with Gasteiger partial charge in [0.05, 0.1) is 28.1 Å². The van der Waals surface area contributed by atoms with E-state index in [1.54, 1.807) is 12.1 Å². The number of hydrogen-bond acceptors (Lipinski definition) is 5.